The molecule has 1 heterocycles. The van der Waals surface area contributed by atoms with Crippen molar-refractivity contribution in [3.63, 3.8) is 0 Å². The number of aliphatic hydroxyl groups excluding tert-OH is 1. The molecule has 5 heteroatoms. The van der Waals surface area contributed by atoms with Gasteiger partial charge in [-0.3, -0.25) is 4.79 Å². The van der Waals surface area contributed by atoms with Crippen LogP contribution in [-0.4, -0.2) is 29.1 Å². The second kappa shape index (κ2) is 5.72. The number of carbonyl (C=O) groups is 1. The maximum Gasteiger partial charge on any atom is 0.226 e. The Balaban J connectivity index is 2.39. The van der Waals surface area contributed by atoms with E-state index in [4.69, 9.17) is 5.11 Å². The van der Waals surface area contributed by atoms with E-state index in [1.54, 1.807) is 11.3 Å². The summed E-state index contributed by atoms with van der Waals surface area (Å²) >= 11 is 1.57. The molecule has 0 bridgehead atoms. The highest BCUT2D eigenvalue weighted by Gasteiger charge is 2.05. The Bertz CT molecular complexity index is 299. The van der Waals surface area contributed by atoms with Crippen molar-refractivity contribution in [3.8, 4) is 0 Å². The number of hydrogen-bond acceptors (Lipinski definition) is 4. The molecule has 2 N–H and O–H groups in total. The van der Waals surface area contributed by atoms with Crippen molar-refractivity contribution in [2.45, 2.75) is 19.8 Å². The van der Waals surface area contributed by atoms with Gasteiger partial charge >= 0.3 is 0 Å². The third kappa shape index (κ3) is 3.43. The number of aliphatic hydroxyl groups is 1. The predicted octanol–water partition coefficient (Wildman–Crippen LogP) is 0.357. The third-order valence-electron chi connectivity index (χ3n) is 1.68. The van der Waals surface area contributed by atoms with Crippen molar-refractivity contribution in [1.29, 1.82) is 0 Å². The predicted molar refractivity (Wildman–Crippen MR) is 55.3 cm³/mol. The first-order valence-electron chi connectivity index (χ1n) is 4.57. The summed E-state index contributed by atoms with van der Waals surface area (Å²) in [7, 11) is 0. The van der Waals surface area contributed by atoms with Crippen molar-refractivity contribution in [3.05, 3.63) is 16.1 Å². The molecule has 0 aromatic carbocycles. The van der Waals surface area contributed by atoms with Crippen LogP contribution < -0.4 is 5.32 Å². The molecule has 0 aliphatic carbocycles. The highest BCUT2D eigenvalue weighted by Crippen LogP contribution is 2.10. The third-order valence-corrected chi connectivity index (χ3v) is 2.72. The lowest BCUT2D eigenvalue weighted by molar-refractivity contribution is -0.120. The lowest BCUT2D eigenvalue weighted by Gasteiger charge is -1.99. The average Bonchev–Trinajstić information content (AvgIpc) is 2.62. The maximum absolute atomic E-state index is 11.2. The molecule has 78 valence electrons. The number of thiazole rings is 1. The van der Waals surface area contributed by atoms with E-state index in [-0.39, 0.29) is 12.5 Å². The van der Waals surface area contributed by atoms with Crippen LogP contribution in [0.2, 0.25) is 0 Å². The zero-order valence-electron chi connectivity index (χ0n) is 8.12. The topological polar surface area (TPSA) is 62.2 Å². The summed E-state index contributed by atoms with van der Waals surface area (Å²) in [6.07, 6.45) is 1.21. The SMILES string of the molecule is CCc1nc(CC(=O)NCCO)cs1. The summed E-state index contributed by atoms with van der Waals surface area (Å²) in [5.41, 5.74) is 0.808. The Hall–Kier alpha value is -0.940. The van der Waals surface area contributed by atoms with Gasteiger partial charge < -0.3 is 10.4 Å². The molecule has 0 aliphatic heterocycles. The first kappa shape index (κ1) is 11.1. The van der Waals surface area contributed by atoms with E-state index >= 15 is 0 Å². The minimum absolute atomic E-state index is 0.0248. The van der Waals surface area contributed by atoms with E-state index in [0.717, 1.165) is 17.1 Å². The standard InChI is InChI=1S/C9H14N2O2S/c1-2-9-11-7(6-14-9)5-8(13)10-3-4-12/h6,12H,2-5H2,1H3,(H,10,13). The van der Waals surface area contributed by atoms with E-state index in [2.05, 4.69) is 10.3 Å². The van der Waals surface area contributed by atoms with Crippen LogP contribution in [0.25, 0.3) is 0 Å². The second-order valence-electron chi connectivity index (χ2n) is 2.84. The maximum atomic E-state index is 11.2. The van der Waals surface area contributed by atoms with Crippen molar-refractivity contribution < 1.29 is 9.90 Å². The second-order valence-corrected chi connectivity index (χ2v) is 3.78. The van der Waals surface area contributed by atoms with Gasteiger partial charge in [0.15, 0.2) is 0 Å². The molecule has 1 rings (SSSR count). The summed E-state index contributed by atoms with van der Waals surface area (Å²) in [6.45, 7) is 2.32. The highest BCUT2D eigenvalue weighted by molar-refractivity contribution is 7.09. The van der Waals surface area contributed by atoms with Gasteiger partial charge in [0.25, 0.3) is 0 Å². The summed E-state index contributed by atoms with van der Waals surface area (Å²) < 4.78 is 0. The minimum atomic E-state index is -0.0907. The number of aryl methyl sites for hydroxylation is 1. The van der Waals surface area contributed by atoms with Crippen LogP contribution in [0.4, 0.5) is 0 Å². The van der Waals surface area contributed by atoms with Gasteiger partial charge in [0.1, 0.15) is 0 Å². The van der Waals surface area contributed by atoms with Gasteiger partial charge in [-0.1, -0.05) is 6.92 Å². The van der Waals surface area contributed by atoms with Crippen molar-refractivity contribution >= 4 is 17.2 Å². The van der Waals surface area contributed by atoms with E-state index in [1.165, 1.54) is 0 Å². The molecule has 1 aromatic rings. The molecular weight excluding hydrogens is 200 g/mol. The highest BCUT2D eigenvalue weighted by atomic mass is 32.1. The van der Waals surface area contributed by atoms with Crippen molar-refractivity contribution in [2.24, 2.45) is 0 Å². The lowest BCUT2D eigenvalue weighted by Crippen LogP contribution is -2.27. The Kier molecular flexibility index (Phi) is 4.55. The lowest BCUT2D eigenvalue weighted by atomic mass is 10.3. The van der Waals surface area contributed by atoms with Gasteiger partial charge in [-0.15, -0.1) is 11.3 Å². The molecule has 14 heavy (non-hydrogen) atoms. The van der Waals surface area contributed by atoms with Crippen LogP contribution in [0, 0.1) is 0 Å². The molecule has 0 saturated heterocycles. The molecule has 4 nitrogen and oxygen atoms in total. The monoisotopic (exact) mass is 214 g/mol. The zero-order valence-corrected chi connectivity index (χ0v) is 8.93. The van der Waals surface area contributed by atoms with E-state index in [1.807, 2.05) is 12.3 Å². The summed E-state index contributed by atoms with van der Waals surface area (Å²) in [5.74, 6) is -0.0907. The van der Waals surface area contributed by atoms with Crippen LogP contribution in [0.5, 0.6) is 0 Å². The minimum Gasteiger partial charge on any atom is -0.395 e. The van der Waals surface area contributed by atoms with Crippen LogP contribution >= 0.6 is 11.3 Å². The molecule has 0 unspecified atom stereocenters. The molecular formula is C9H14N2O2S. The van der Waals surface area contributed by atoms with Crippen molar-refractivity contribution in [2.75, 3.05) is 13.2 Å². The first-order valence-corrected chi connectivity index (χ1v) is 5.45. The number of aromatic nitrogens is 1. The Morgan fingerprint density at radius 2 is 2.50 bits per heavy atom. The Labute approximate surface area is 87.0 Å². The van der Waals surface area contributed by atoms with E-state index < -0.39 is 0 Å². The molecule has 0 atom stereocenters. The van der Waals surface area contributed by atoms with Crippen molar-refractivity contribution in [1.82, 2.24) is 10.3 Å². The fourth-order valence-corrected chi connectivity index (χ4v) is 1.76. The average molecular weight is 214 g/mol. The summed E-state index contributed by atoms with van der Waals surface area (Å²) in [6, 6.07) is 0. The van der Waals surface area contributed by atoms with Gasteiger partial charge in [0, 0.05) is 11.9 Å². The summed E-state index contributed by atoms with van der Waals surface area (Å²) in [4.78, 5) is 15.5. The number of nitrogens with one attached hydrogen (secondary N) is 1. The fraction of sp³-hybridized carbons (Fsp3) is 0.556. The first-order chi connectivity index (χ1) is 6.76. The van der Waals surface area contributed by atoms with Gasteiger partial charge in [-0.05, 0) is 6.42 Å². The van der Waals surface area contributed by atoms with Crippen LogP contribution in [0.3, 0.4) is 0 Å². The normalized spacial score (nSPS) is 10.1. The smallest absolute Gasteiger partial charge is 0.226 e. The zero-order chi connectivity index (χ0) is 10.4. The number of nitrogens with zero attached hydrogens (tertiary/aromatic N) is 1. The Morgan fingerprint density at radius 1 is 1.71 bits per heavy atom. The van der Waals surface area contributed by atoms with E-state index in [0.29, 0.717) is 13.0 Å². The van der Waals surface area contributed by atoms with Gasteiger partial charge in [-0.2, -0.15) is 0 Å². The fourth-order valence-electron chi connectivity index (χ4n) is 1.01. The van der Waals surface area contributed by atoms with Gasteiger partial charge in [0.2, 0.25) is 5.91 Å². The molecule has 0 radical (unpaired) electrons. The van der Waals surface area contributed by atoms with E-state index in [9.17, 15) is 4.79 Å². The molecule has 0 fully saturated rings. The summed E-state index contributed by atoms with van der Waals surface area (Å²) in [5, 5.41) is 14.0. The van der Waals surface area contributed by atoms with Crippen LogP contribution in [0.15, 0.2) is 5.38 Å². The number of hydrogen-bond donors (Lipinski definition) is 2. The largest absolute Gasteiger partial charge is 0.395 e. The van der Waals surface area contributed by atoms with Crippen LogP contribution in [-0.2, 0) is 17.6 Å². The quantitative estimate of drug-likeness (QED) is 0.743. The molecule has 0 spiro atoms. The van der Waals surface area contributed by atoms with Gasteiger partial charge in [0.05, 0.1) is 23.7 Å². The molecule has 1 aromatic heterocycles. The van der Waals surface area contributed by atoms with Gasteiger partial charge in [-0.25, -0.2) is 4.98 Å². The van der Waals surface area contributed by atoms with Crippen LogP contribution in [0.1, 0.15) is 17.6 Å². The number of amides is 1. The molecule has 1 amide bonds. The molecule has 0 aliphatic rings. The Morgan fingerprint density at radius 3 is 3.07 bits per heavy atom. The number of carbonyl (C=O) groups excluding carboxylic acids is 1. The number of rotatable bonds is 5. The molecule has 0 saturated carbocycles.